The Hall–Kier alpha value is -4.48. The van der Waals surface area contributed by atoms with Crippen LogP contribution in [0.5, 0.6) is 0 Å². The fourth-order valence-electron chi connectivity index (χ4n) is 3.69. The molecule has 0 aromatic heterocycles. The number of hydrogen-bond donors (Lipinski definition) is 6. The Labute approximate surface area is 172 Å². The van der Waals surface area contributed by atoms with Crippen molar-refractivity contribution in [2.24, 2.45) is 5.92 Å². The van der Waals surface area contributed by atoms with Crippen LogP contribution in [0.1, 0.15) is 11.1 Å². The molecule has 0 aliphatic heterocycles. The van der Waals surface area contributed by atoms with E-state index in [0.29, 0.717) is 5.56 Å². The lowest BCUT2D eigenvalue weighted by Gasteiger charge is -2.40. The molecule has 1 aliphatic rings. The summed E-state index contributed by atoms with van der Waals surface area (Å²) in [6.07, 6.45) is 0. The van der Waals surface area contributed by atoms with Gasteiger partial charge in [-0.3, -0.25) is 9.59 Å². The van der Waals surface area contributed by atoms with E-state index in [-0.39, 0.29) is 0 Å². The summed E-state index contributed by atoms with van der Waals surface area (Å²) < 4.78 is 0. The van der Waals surface area contributed by atoms with Crippen molar-refractivity contribution in [2.45, 2.75) is 12.3 Å². The zero-order valence-electron chi connectivity index (χ0n) is 15.5. The summed E-state index contributed by atoms with van der Waals surface area (Å²) in [5.41, 5.74) is -9.74. The number of aryl methyl sites for hydroxylation is 1. The van der Waals surface area contributed by atoms with E-state index in [1.165, 1.54) is 12.1 Å². The van der Waals surface area contributed by atoms with E-state index in [1.54, 1.807) is 6.92 Å². The van der Waals surface area contributed by atoms with Crippen LogP contribution < -0.4 is 0 Å². The third-order valence-electron chi connectivity index (χ3n) is 4.85. The second-order valence-corrected chi connectivity index (χ2v) is 6.51. The average molecular weight is 434 g/mol. The molecule has 2 atom stereocenters. The highest BCUT2D eigenvalue weighted by molar-refractivity contribution is 6.21. The Balaban J connectivity index is 3.33. The second kappa shape index (κ2) is 7.74. The van der Waals surface area contributed by atoms with Gasteiger partial charge >= 0.3 is 35.8 Å². The lowest BCUT2D eigenvalue weighted by atomic mass is 9.57. The molecule has 31 heavy (non-hydrogen) atoms. The first-order chi connectivity index (χ1) is 14.3. The van der Waals surface area contributed by atoms with Crippen LogP contribution in [-0.2, 0) is 34.2 Å². The normalized spacial score (nSPS) is 20.9. The van der Waals surface area contributed by atoms with Gasteiger partial charge in [-0.25, -0.2) is 19.2 Å². The summed E-state index contributed by atoms with van der Waals surface area (Å²) in [6, 6.07) is 4.56. The fraction of sp³-hybridized carbons (Fsp3) is 0.158. The van der Waals surface area contributed by atoms with Gasteiger partial charge in [0, 0.05) is 0 Å². The Bertz CT molecular complexity index is 1110. The molecular formula is C19H14O12. The summed E-state index contributed by atoms with van der Waals surface area (Å²) in [5.74, 6) is -16.1. The van der Waals surface area contributed by atoms with Crippen LogP contribution in [0.15, 0.2) is 46.6 Å². The standard InChI is InChI=1S/C19H14O12/c1-6-2-4-7(5-3-6)19(18(30)31)11(16(26)27)9(14(22)23)8(13(20)21)10(15(24)25)12(19)17(28)29/h2-5,11H,1H3,(H,20,21)(H,22,23)(H,24,25)(H,26,27)(H,28,29)(H,30,31). The third kappa shape index (κ3) is 3.29. The van der Waals surface area contributed by atoms with Crippen LogP contribution in [0.25, 0.3) is 0 Å². The monoisotopic (exact) mass is 434 g/mol. The number of aliphatic carboxylic acids is 6. The molecule has 12 heteroatoms. The van der Waals surface area contributed by atoms with Crippen LogP contribution >= 0.6 is 0 Å². The molecule has 1 aliphatic carbocycles. The van der Waals surface area contributed by atoms with Gasteiger partial charge in [-0.15, -0.1) is 0 Å². The van der Waals surface area contributed by atoms with Gasteiger partial charge in [-0.05, 0) is 12.5 Å². The zero-order chi connectivity index (χ0) is 23.8. The van der Waals surface area contributed by atoms with Crippen molar-refractivity contribution >= 4 is 35.8 Å². The highest BCUT2D eigenvalue weighted by atomic mass is 16.4. The van der Waals surface area contributed by atoms with Crippen LogP contribution in [0.4, 0.5) is 0 Å². The first-order valence-electron chi connectivity index (χ1n) is 8.25. The first kappa shape index (κ1) is 22.8. The first-order valence-corrected chi connectivity index (χ1v) is 8.25. The molecule has 2 unspecified atom stereocenters. The van der Waals surface area contributed by atoms with E-state index in [2.05, 4.69) is 0 Å². The summed E-state index contributed by atoms with van der Waals surface area (Å²) in [5, 5.41) is 58.1. The Morgan fingerprint density at radius 1 is 0.710 bits per heavy atom. The number of benzene rings is 1. The van der Waals surface area contributed by atoms with E-state index < -0.39 is 75.0 Å². The molecule has 6 N–H and O–H groups in total. The zero-order valence-corrected chi connectivity index (χ0v) is 15.5. The van der Waals surface area contributed by atoms with E-state index in [1.807, 2.05) is 0 Å². The topological polar surface area (TPSA) is 224 Å². The second-order valence-electron chi connectivity index (χ2n) is 6.51. The van der Waals surface area contributed by atoms with Crippen molar-refractivity contribution in [3.8, 4) is 0 Å². The lowest BCUT2D eigenvalue weighted by molar-refractivity contribution is -0.156. The van der Waals surface area contributed by atoms with Crippen LogP contribution in [-0.4, -0.2) is 66.5 Å². The van der Waals surface area contributed by atoms with Crippen molar-refractivity contribution < 1.29 is 59.4 Å². The maximum atomic E-state index is 12.5. The molecule has 0 spiro atoms. The van der Waals surface area contributed by atoms with Gasteiger partial charge in [0.1, 0.15) is 11.3 Å². The van der Waals surface area contributed by atoms with E-state index in [9.17, 15) is 59.4 Å². The van der Waals surface area contributed by atoms with Gasteiger partial charge in [-0.2, -0.15) is 0 Å². The smallest absolute Gasteiger partial charge is 0.337 e. The summed E-state index contributed by atoms with van der Waals surface area (Å²) in [7, 11) is 0. The molecule has 0 saturated carbocycles. The van der Waals surface area contributed by atoms with Gasteiger partial charge in [0.05, 0.1) is 22.3 Å². The number of carboxylic acid groups (broad SMARTS) is 6. The van der Waals surface area contributed by atoms with Gasteiger partial charge < -0.3 is 30.6 Å². The molecular weight excluding hydrogens is 420 g/mol. The highest BCUT2D eigenvalue weighted by Crippen LogP contribution is 2.50. The average Bonchev–Trinajstić information content (AvgIpc) is 2.65. The largest absolute Gasteiger partial charge is 0.481 e. The van der Waals surface area contributed by atoms with Gasteiger partial charge in [0.15, 0.2) is 0 Å². The van der Waals surface area contributed by atoms with Crippen molar-refractivity contribution in [1.29, 1.82) is 0 Å². The van der Waals surface area contributed by atoms with Gasteiger partial charge in [0.2, 0.25) is 0 Å². The molecule has 0 radical (unpaired) electrons. The molecule has 12 nitrogen and oxygen atoms in total. The molecule has 0 bridgehead atoms. The maximum absolute atomic E-state index is 12.5. The fourth-order valence-corrected chi connectivity index (χ4v) is 3.69. The maximum Gasteiger partial charge on any atom is 0.337 e. The van der Waals surface area contributed by atoms with Gasteiger partial charge in [-0.1, -0.05) is 29.8 Å². The molecule has 0 saturated heterocycles. The minimum atomic E-state index is -3.27. The van der Waals surface area contributed by atoms with Crippen molar-refractivity contribution in [1.82, 2.24) is 0 Å². The van der Waals surface area contributed by atoms with Crippen molar-refractivity contribution in [3.05, 3.63) is 57.7 Å². The number of carboxylic acids is 6. The third-order valence-corrected chi connectivity index (χ3v) is 4.85. The molecule has 0 amide bonds. The van der Waals surface area contributed by atoms with Crippen molar-refractivity contribution in [2.75, 3.05) is 0 Å². The predicted octanol–water partition coefficient (Wildman–Crippen LogP) is -0.0366. The quantitative estimate of drug-likeness (QED) is 0.332. The highest BCUT2D eigenvalue weighted by Gasteiger charge is 2.64. The van der Waals surface area contributed by atoms with E-state index in [0.717, 1.165) is 12.1 Å². The summed E-state index contributed by atoms with van der Waals surface area (Å²) in [4.78, 5) is 72.2. The summed E-state index contributed by atoms with van der Waals surface area (Å²) in [6.45, 7) is 1.56. The van der Waals surface area contributed by atoms with Crippen molar-refractivity contribution in [3.63, 3.8) is 0 Å². The minimum absolute atomic E-state index is 0.534. The number of hydrogen-bond acceptors (Lipinski definition) is 6. The molecule has 1 aromatic carbocycles. The number of rotatable bonds is 7. The Kier molecular flexibility index (Phi) is 5.69. The summed E-state index contributed by atoms with van der Waals surface area (Å²) >= 11 is 0. The predicted molar refractivity (Wildman–Crippen MR) is 96.2 cm³/mol. The molecule has 0 fully saturated rings. The van der Waals surface area contributed by atoms with Crippen LogP contribution in [0, 0.1) is 12.8 Å². The van der Waals surface area contributed by atoms with Crippen LogP contribution in [0.2, 0.25) is 0 Å². The van der Waals surface area contributed by atoms with E-state index >= 15 is 0 Å². The number of carbonyl (C=O) groups is 6. The molecule has 162 valence electrons. The Morgan fingerprint density at radius 3 is 1.52 bits per heavy atom. The molecule has 2 rings (SSSR count). The van der Waals surface area contributed by atoms with Crippen LogP contribution in [0.3, 0.4) is 0 Å². The SMILES string of the molecule is Cc1ccc(C2(C(=O)O)C(C(=O)O)=C(C(=O)O)C(C(=O)O)=C(C(=O)O)C2C(=O)O)cc1. The minimum Gasteiger partial charge on any atom is -0.481 e. The lowest BCUT2D eigenvalue weighted by Crippen LogP contribution is -2.55. The van der Waals surface area contributed by atoms with E-state index in [4.69, 9.17) is 0 Å². The molecule has 1 aromatic rings. The molecule has 0 heterocycles. The van der Waals surface area contributed by atoms with Gasteiger partial charge in [0.25, 0.3) is 0 Å². The Morgan fingerprint density at radius 2 is 1.19 bits per heavy atom.